The molecule has 2 unspecified atom stereocenters. The van der Waals surface area contributed by atoms with Crippen molar-refractivity contribution in [3.8, 4) is 22.8 Å². The third-order valence-electron chi connectivity index (χ3n) is 10.8. The zero-order chi connectivity index (χ0) is 40.2. The summed E-state index contributed by atoms with van der Waals surface area (Å²) in [6.45, 7) is 12.7. The number of amides is 4. The first-order valence-electron chi connectivity index (χ1n) is 18.7. The molecule has 1 aromatic heterocycles. The van der Waals surface area contributed by atoms with Crippen LogP contribution in [0.2, 0.25) is 0 Å². The third-order valence-corrected chi connectivity index (χ3v) is 12.6. The van der Waals surface area contributed by atoms with E-state index in [0.29, 0.717) is 40.9 Å². The molecule has 0 spiro atoms. The molecule has 0 radical (unpaired) electrons. The Morgan fingerprint density at radius 3 is 2.23 bits per heavy atom. The number of pyridine rings is 1. The first kappa shape index (κ1) is 38.8. The van der Waals surface area contributed by atoms with Gasteiger partial charge in [0.05, 0.1) is 30.1 Å². The van der Waals surface area contributed by atoms with Crippen LogP contribution in [0.1, 0.15) is 52.9 Å². The van der Waals surface area contributed by atoms with E-state index in [-0.39, 0.29) is 25.8 Å². The van der Waals surface area contributed by atoms with Gasteiger partial charge in [-0.15, -0.1) is 13.2 Å². The minimum atomic E-state index is -3.92. The minimum absolute atomic E-state index is 0.0102. The fraction of sp³-hybridized carbons (Fsp3) is 0.439. The molecular formula is C41H47N5O9S. The summed E-state index contributed by atoms with van der Waals surface area (Å²) >= 11 is 0. The van der Waals surface area contributed by atoms with E-state index in [9.17, 15) is 27.6 Å². The minimum Gasteiger partial charge on any atom is -0.497 e. The number of nitrogens with zero attached hydrogens (tertiary/aromatic N) is 2. The van der Waals surface area contributed by atoms with Crippen molar-refractivity contribution in [1.29, 1.82) is 0 Å². The van der Waals surface area contributed by atoms with Gasteiger partial charge < -0.3 is 29.7 Å². The molecule has 4 fully saturated rings. The lowest BCUT2D eigenvalue weighted by molar-refractivity contribution is -0.142. The molecule has 2 heterocycles. The highest BCUT2D eigenvalue weighted by molar-refractivity contribution is 7.91. The number of hydrogen-bond acceptors (Lipinski definition) is 10. The second-order valence-electron chi connectivity index (χ2n) is 16.0. The number of benzene rings is 2. The molecule has 296 valence electrons. The van der Waals surface area contributed by atoms with E-state index in [4.69, 9.17) is 19.2 Å². The molecule has 4 aliphatic rings. The fourth-order valence-electron chi connectivity index (χ4n) is 7.47. The van der Waals surface area contributed by atoms with Crippen LogP contribution >= 0.6 is 0 Å². The fourth-order valence-corrected chi connectivity index (χ4v) is 8.83. The molecule has 7 rings (SSSR count). The van der Waals surface area contributed by atoms with E-state index in [0.717, 1.165) is 5.56 Å². The average Bonchev–Trinajstić information content (AvgIpc) is 4.09. The van der Waals surface area contributed by atoms with Gasteiger partial charge in [-0.2, -0.15) is 0 Å². The van der Waals surface area contributed by atoms with Crippen molar-refractivity contribution < 1.29 is 41.8 Å². The summed E-state index contributed by atoms with van der Waals surface area (Å²) in [7, 11) is -2.35. The van der Waals surface area contributed by atoms with Crippen molar-refractivity contribution in [3.05, 3.63) is 79.9 Å². The number of carbonyl (C=O) groups is 4. The van der Waals surface area contributed by atoms with Crippen molar-refractivity contribution in [2.24, 2.45) is 11.8 Å². The molecule has 3 saturated carbocycles. The van der Waals surface area contributed by atoms with Crippen LogP contribution in [0.15, 0.2) is 79.9 Å². The van der Waals surface area contributed by atoms with Crippen LogP contribution in [-0.2, 0) is 29.1 Å². The quantitative estimate of drug-likeness (QED) is 0.210. The van der Waals surface area contributed by atoms with E-state index in [1.54, 1.807) is 46.1 Å². The van der Waals surface area contributed by atoms with Crippen LogP contribution < -0.4 is 24.8 Å². The highest BCUT2D eigenvalue weighted by Gasteiger charge is 2.65. The normalized spacial score (nSPS) is 26.8. The van der Waals surface area contributed by atoms with Gasteiger partial charge in [-0.25, -0.2) is 18.2 Å². The lowest BCUT2D eigenvalue weighted by Gasteiger charge is -2.31. The molecular weight excluding hydrogens is 739 g/mol. The van der Waals surface area contributed by atoms with Crippen LogP contribution in [0.25, 0.3) is 22.2 Å². The van der Waals surface area contributed by atoms with Gasteiger partial charge >= 0.3 is 6.09 Å². The molecule has 56 heavy (non-hydrogen) atoms. The Kier molecular flexibility index (Phi) is 9.88. The predicted octanol–water partition coefficient (Wildman–Crippen LogP) is 4.40. The number of sulfonamides is 1. The zero-order valence-corrected chi connectivity index (χ0v) is 32.7. The van der Waals surface area contributed by atoms with E-state index in [2.05, 4.69) is 28.5 Å². The van der Waals surface area contributed by atoms with Crippen molar-refractivity contribution in [2.75, 3.05) is 13.7 Å². The number of aromatic nitrogens is 1. The van der Waals surface area contributed by atoms with E-state index in [1.807, 2.05) is 42.5 Å². The summed E-state index contributed by atoms with van der Waals surface area (Å²) in [5.74, 6) is -2.00. The van der Waals surface area contributed by atoms with E-state index < -0.39 is 79.7 Å². The number of fused-ring (bicyclic) bond motifs is 1. The van der Waals surface area contributed by atoms with Gasteiger partial charge in [-0.1, -0.05) is 42.5 Å². The lowest BCUT2D eigenvalue weighted by Crippen LogP contribution is -2.59. The average molecular weight is 786 g/mol. The SMILES string of the molecule is C=CC1CC1(NC(=O)OC(C)(C)C)C(=O)N1C[C@H](Oc2cc(-c3ccccc3)nc3cc(OC)ccc23)C[C@H]1C(=O)N[C@]1(C(=O)NS(=O)(=O)C2CC2)C[C@H]1C=C. The summed E-state index contributed by atoms with van der Waals surface area (Å²) in [5.41, 5.74) is -1.77. The van der Waals surface area contributed by atoms with Crippen molar-refractivity contribution in [2.45, 2.75) is 86.9 Å². The summed E-state index contributed by atoms with van der Waals surface area (Å²) in [4.78, 5) is 62.0. The number of rotatable bonds is 13. The second kappa shape index (κ2) is 14.3. The molecule has 3 aliphatic carbocycles. The lowest BCUT2D eigenvalue weighted by atomic mass is 10.1. The largest absolute Gasteiger partial charge is 0.497 e. The molecule has 0 bridgehead atoms. The first-order chi connectivity index (χ1) is 26.5. The Bertz CT molecular complexity index is 2220. The van der Waals surface area contributed by atoms with Gasteiger partial charge in [0.2, 0.25) is 21.8 Å². The Hall–Kier alpha value is -5.44. The summed E-state index contributed by atoms with van der Waals surface area (Å²) < 4.78 is 45.4. The Balaban J connectivity index is 1.22. The number of alkyl carbamates (subject to hydrolysis) is 1. The van der Waals surface area contributed by atoms with Gasteiger partial charge in [-0.3, -0.25) is 19.1 Å². The van der Waals surface area contributed by atoms with Gasteiger partial charge in [0.25, 0.3) is 5.91 Å². The monoisotopic (exact) mass is 785 g/mol. The predicted molar refractivity (Wildman–Crippen MR) is 208 cm³/mol. The highest BCUT2D eigenvalue weighted by atomic mass is 32.2. The molecule has 2 aromatic carbocycles. The number of hydrogen-bond donors (Lipinski definition) is 3. The van der Waals surface area contributed by atoms with Crippen LogP contribution in [0.5, 0.6) is 11.5 Å². The summed E-state index contributed by atoms with van der Waals surface area (Å²) in [5, 5.41) is 5.59. The molecule has 3 aromatic rings. The van der Waals surface area contributed by atoms with Crippen LogP contribution in [0, 0.1) is 11.8 Å². The molecule has 15 heteroatoms. The summed E-state index contributed by atoms with van der Waals surface area (Å²) in [6, 6.07) is 15.6. The van der Waals surface area contributed by atoms with Crippen LogP contribution in [0.3, 0.4) is 0 Å². The standard InChI is InChI=1S/C41H47N5O9S/c1-7-25-21-40(25,36(48)45-56(51,52)29-15-16-29)43-35(47)33-19-28(23-46(33)37(49)41(22-26(41)8-2)44-38(50)55-39(3,4)5)54-34-20-31(24-12-10-9-11-13-24)42-32-18-27(53-6)14-17-30(32)34/h7-14,17-18,20,25-26,28-29,33H,1-2,15-16,19,21-23H2,3-6H3,(H,43,47)(H,44,50)(H,45,48)/t25-,26?,28-,33+,40-,41?/m1/s1. The number of likely N-dealkylation sites (tertiary alicyclic amines) is 1. The second-order valence-corrected chi connectivity index (χ2v) is 18.0. The number of methoxy groups -OCH3 is 1. The maximum Gasteiger partial charge on any atom is 0.408 e. The topological polar surface area (TPSA) is 182 Å². The Morgan fingerprint density at radius 1 is 0.946 bits per heavy atom. The van der Waals surface area contributed by atoms with Crippen LogP contribution in [-0.4, -0.2) is 89.8 Å². The maximum absolute atomic E-state index is 14.7. The summed E-state index contributed by atoms with van der Waals surface area (Å²) in [6.07, 6.45) is 2.81. The van der Waals surface area contributed by atoms with Gasteiger partial charge in [-0.05, 0) is 58.6 Å². The third kappa shape index (κ3) is 7.56. The van der Waals surface area contributed by atoms with Gasteiger partial charge in [0.15, 0.2) is 0 Å². The maximum atomic E-state index is 14.7. The number of ether oxygens (including phenoxy) is 3. The number of carbonyl (C=O) groups excluding carboxylic acids is 4. The highest BCUT2D eigenvalue weighted by Crippen LogP contribution is 2.48. The number of nitrogens with one attached hydrogen (secondary N) is 3. The molecule has 4 amide bonds. The smallest absolute Gasteiger partial charge is 0.408 e. The van der Waals surface area contributed by atoms with Gasteiger partial charge in [0.1, 0.15) is 40.3 Å². The van der Waals surface area contributed by atoms with E-state index >= 15 is 0 Å². The Morgan fingerprint density at radius 2 is 1.62 bits per heavy atom. The molecule has 1 aliphatic heterocycles. The first-order valence-corrected chi connectivity index (χ1v) is 20.2. The van der Waals surface area contributed by atoms with Crippen molar-refractivity contribution in [3.63, 3.8) is 0 Å². The van der Waals surface area contributed by atoms with Gasteiger partial charge in [0, 0.05) is 41.3 Å². The van der Waals surface area contributed by atoms with Crippen molar-refractivity contribution >= 4 is 44.7 Å². The Labute approximate surface area is 326 Å². The molecule has 6 atom stereocenters. The van der Waals surface area contributed by atoms with Crippen LogP contribution in [0.4, 0.5) is 4.79 Å². The zero-order valence-electron chi connectivity index (χ0n) is 31.9. The van der Waals surface area contributed by atoms with Crippen molar-refractivity contribution in [1.82, 2.24) is 25.2 Å². The van der Waals surface area contributed by atoms with E-state index in [1.165, 1.54) is 11.0 Å². The molecule has 3 N–H and O–H groups in total. The molecule has 1 saturated heterocycles. The molecule has 14 nitrogen and oxygen atoms in total.